The first-order valence-corrected chi connectivity index (χ1v) is 45.0. The fourth-order valence-corrected chi connectivity index (χ4v) is 15.3. The zero-order chi connectivity index (χ0) is 89.6. The van der Waals surface area contributed by atoms with Crippen LogP contribution in [0.1, 0.15) is 77.7 Å². The Kier molecular flexibility index (Phi) is 49.5. The van der Waals surface area contributed by atoms with Gasteiger partial charge in [-0.2, -0.15) is 0 Å². The van der Waals surface area contributed by atoms with Gasteiger partial charge in [-0.25, -0.2) is 56.5 Å². The summed E-state index contributed by atoms with van der Waals surface area (Å²) in [5.41, 5.74) is 29.5. The number of pyridine rings is 8. The molecule has 18 heterocycles. The second-order valence-corrected chi connectivity index (χ2v) is 33.7. The van der Waals surface area contributed by atoms with Crippen LogP contribution in [-0.4, -0.2) is 89.5 Å². The van der Waals surface area contributed by atoms with Crippen molar-refractivity contribution in [2.45, 2.75) is 32.1 Å². The summed E-state index contributed by atoms with van der Waals surface area (Å²) in [5.74, 6) is 0. The molecule has 19 rings (SSSR count). The number of aryl methyl sites for hydroxylation is 8. The van der Waals surface area contributed by atoms with E-state index in [2.05, 4.69) is 316 Å². The van der Waals surface area contributed by atoms with Crippen LogP contribution in [0.3, 0.4) is 0 Å². The average Bonchev–Trinajstić information content (AvgIpc) is 1.62. The Bertz CT molecular complexity index is 5650. The van der Waals surface area contributed by atoms with E-state index in [1.807, 2.05) is 99.6 Å². The SMILES string of the molecule is C1CCCC1.COPC.CO[PH](=O)OC.CO[PH](=O)OC.C[n+]1ccc(-c2c3nc(c(-c4cc[n+](C)cc4)c4ccc([n-]4)c(-c4cc[n+](C)cc4)c4nc(c(-c5cc[n+](C)cc5)c5ccc2[n-]5)C=C4)C=C3)cc1.C[n+]1ccc(-c2c3nc(c(-c4cc[n+](C)cc4)c4ccc([n-]4)c(-c4cc[n+](C)cc4)c4nc(c(-c5cc[n+](C)cc5)c5ccc2[n-]5)C=C4)C=C3)cc1.O.O.O.O.O.O=O.[CH3-].[Co].[Gd+2].[Gd+2]. The molecule has 16 bridgehead atoms. The molecule has 1 atom stereocenters. The third-order valence-corrected chi connectivity index (χ3v) is 23.2. The zero-order valence-corrected chi connectivity index (χ0v) is 86.7. The van der Waals surface area contributed by atoms with Gasteiger partial charge in [0, 0.05) is 168 Å². The molecule has 0 spiro atoms. The average molecular weight is 2230 g/mol. The van der Waals surface area contributed by atoms with Crippen molar-refractivity contribution in [3.8, 4) is 89.0 Å². The molecular weight excluding hydrogens is 2120 g/mol. The van der Waals surface area contributed by atoms with Crippen molar-refractivity contribution < 1.29 is 192 Å². The van der Waals surface area contributed by atoms with E-state index < -0.39 is 16.5 Å². The minimum absolute atomic E-state index is 0. The van der Waals surface area contributed by atoms with E-state index in [1.54, 1.807) is 7.11 Å². The molecule has 1 saturated carbocycles. The molecule has 713 valence electrons. The number of hydrogen-bond acceptors (Lipinski definition) is 13. The topological polar surface area (TPSA) is 411 Å². The van der Waals surface area contributed by atoms with E-state index >= 15 is 0 Å². The van der Waals surface area contributed by atoms with Gasteiger partial charge in [-0.05, 0) is 144 Å². The summed E-state index contributed by atoms with van der Waals surface area (Å²) < 4.78 is 57.6. The van der Waals surface area contributed by atoms with E-state index in [1.165, 1.54) is 60.5 Å². The number of hydrogen-bond donors (Lipinski definition) is 0. The van der Waals surface area contributed by atoms with E-state index in [9.17, 15) is 9.13 Å². The van der Waals surface area contributed by atoms with Crippen LogP contribution in [-0.2, 0) is 105 Å². The van der Waals surface area contributed by atoms with Gasteiger partial charge in [0.25, 0.3) is 0 Å². The van der Waals surface area contributed by atoms with Gasteiger partial charge >= 0.3 is 96.4 Å². The molecule has 0 amide bonds. The maximum Gasteiger partial charge on any atom is 2.00 e. The Hall–Kier alpha value is -10.4. The van der Waals surface area contributed by atoms with Gasteiger partial charge < -0.3 is 77.4 Å². The van der Waals surface area contributed by atoms with E-state index in [4.69, 9.17) is 49.8 Å². The minimum atomic E-state index is -2.12. The van der Waals surface area contributed by atoms with Crippen LogP contribution in [0.15, 0.2) is 245 Å². The van der Waals surface area contributed by atoms with Crippen LogP contribution in [0.25, 0.3) is 182 Å². The molecule has 136 heavy (non-hydrogen) atoms. The summed E-state index contributed by atoms with van der Waals surface area (Å²) in [6.07, 6.45) is 57.3. The standard InChI is InChI=1S/2C44H36N8.C5H10.2C2H7O3P.C2H7OP.CH3.Co.2Gd.O2.5H2O/c2*1-49-21-13-29(14-22-49)41-33-5-7-35(45-33)42(30-15-23-50(2)24-16-30)37-9-11-39(47-37)44(32-19-27-52(4)28-20-32)40-12-10-38(48-40)43(36-8-6-34(41)46-36)31-17-25-51(3)26-18-31;1-2-4-5-3-1;2*1-4-6(3)5-2;1-3-4-2;;;;;1-2;;;;;/h2*5-28H,1-4H3;1-5H2;2*6H,1-2H3;4H,1-2H3;1H3;;;;;5*1H2/q2*+2;;;;;-1;;2*+2;;;;;;. The Morgan fingerprint density at radius 1 is 0.257 bits per heavy atom. The molecule has 14 aromatic rings. The summed E-state index contributed by atoms with van der Waals surface area (Å²) in [7, 11) is 19.6. The van der Waals surface area contributed by atoms with Gasteiger partial charge in [0.15, 0.2) is 99.1 Å². The van der Waals surface area contributed by atoms with E-state index in [0.717, 1.165) is 179 Å². The number of rotatable bonds is 13. The number of fused-ring (bicyclic) bond motifs is 16. The molecule has 1 radical (unpaired) electrons. The Morgan fingerprint density at radius 3 is 0.456 bits per heavy atom. The Morgan fingerprint density at radius 2 is 0.368 bits per heavy atom. The van der Waals surface area contributed by atoms with Crippen LogP contribution in [0, 0.1) is 97.2 Å². The molecule has 10 N–H and O–H groups in total. The van der Waals surface area contributed by atoms with Crippen LogP contribution >= 0.6 is 25.3 Å². The first kappa shape index (κ1) is 118. The van der Waals surface area contributed by atoms with Crippen molar-refractivity contribution in [2.75, 3.05) is 42.2 Å². The van der Waals surface area contributed by atoms with Crippen molar-refractivity contribution in [1.82, 2.24) is 39.9 Å². The molecule has 5 aliphatic rings. The predicted octanol–water partition coefficient (Wildman–Crippen LogP) is 12.3. The zero-order valence-electron chi connectivity index (χ0n) is 78.1. The monoisotopic (exact) mass is 2230 g/mol. The Balaban J connectivity index is 0.000000438. The quantitative estimate of drug-likeness (QED) is 0.0588. The second kappa shape index (κ2) is 57.1. The first-order valence-electron chi connectivity index (χ1n) is 41.2. The molecule has 1 fully saturated rings. The molecule has 30 nitrogen and oxygen atoms in total. The van der Waals surface area contributed by atoms with Gasteiger partial charge in [0.2, 0.25) is 0 Å². The summed E-state index contributed by atoms with van der Waals surface area (Å²) >= 11 is 0. The van der Waals surface area contributed by atoms with Crippen LogP contribution < -0.4 is 56.5 Å². The first-order chi connectivity index (χ1) is 61.8. The van der Waals surface area contributed by atoms with Crippen molar-refractivity contribution >= 4 is 118 Å². The summed E-state index contributed by atoms with van der Waals surface area (Å²) in [6, 6.07) is 50.8. The van der Waals surface area contributed by atoms with Gasteiger partial charge in [-0.15, -0.1) is 44.1 Å². The van der Waals surface area contributed by atoms with Gasteiger partial charge in [0.1, 0.15) is 56.4 Å². The molecule has 14 aromatic heterocycles. The largest absolute Gasteiger partial charge is 2.00 e. The van der Waals surface area contributed by atoms with E-state index in [0.29, 0.717) is 8.81 Å². The van der Waals surface area contributed by atoms with Gasteiger partial charge in [-0.3, -0.25) is 9.13 Å². The van der Waals surface area contributed by atoms with Crippen molar-refractivity contribution in [1.29, 1.82) is 0 Å². The summed E-state index contributed by atoms with van der Waals surface area (Å²) in [6.45, 7) is 1.99. The van der Waals surface area contributed by atoms with Gasteiger partial charge in [0.05, 0.1) is 45.6 Å². The van der Waals surface area contributed by atoms with Crippen LogP contribution in [0.5, 0.6) is 0 Å². The number of nitrogens with zero attached hydrogens (tertiary/aromatic N) is 16. The minimum Gasteiger partial charge on any atom is -0.657 e. The molecule has 1 unspecified atom stereocenters. The van der Waals surface area contributed by atoms with Crippen molar-refractivity contribution in [3.05, 3.63) is 308 Å². The third kappa shape index (κ3) is 29.4. The smallest absolute Gasteiger partial charge is 0.657 e. The summed E-state index contributed by atoms with van der Waals surface area (Å²) in [4.78, 5) is 56.8. The summed E-state index contributed by atoms with van der Waals surface area (Å²) in [5, 5.41) is 0. The van der Waals surface area contributed by atoms with E-state index in [-0.39, 0.29) is 131 Å². The molecule has 0 saturated heterocycles. The second-order valence-electron chi connectivity index (χ2n) is 30.2. The fourth-order valence-electron chi connectivity index (χ4n) is 14.9. The molecule has 1 aliphatic carbocycles. The molecule has 4 aliphatic heterocycles. The predicted molar refractivity (Wildman–Crippen MR) is 528 cm³/mol. The fraction of sp³-hybridized carbons (Fsp3) is 0.190. The van der Waals surface area contributed by atoms with Crippen molar-refractivity contribution in [2.24, 2.45) is 56.4 Å². The van der Waals surface area contributed by atoms with Gasteiger partial charge in [-0.1, -0.05) is 80.6 Å². The molecular formula is C100H116CoGd2N16O14P3+7. The molecule has 36 heteroatoms. The normalized spacial score (nSPS) is 11.3. The van der Waals surface area contributed by atoms with Crippen LogP contribution in [0.4, 0.5) is 0 Å². The number of aromatic nitrogens is 16. The maximum atomic E-state index is 9.92. The Labute approximate surface area is 869 Å². The maximum absolute atomic E-state index is 9.92. The third-order valence-electron chi connectivity index (χ3n) is 21.5. The molecule has 0 aromatic carbocycles. The van der Waals surface area contributed by atoms with Crippen molar-refractivity contribution in [3.63, 3.8) is 0 Å². The van der Waals surface area contributed by atoms with Crippen LogP contribution in [0.2, 0.25) is 0 Å².